The predicted molar refractivity (Wildman–Crippen MR) is 102 cm³/mol. The number of benzene rings is 2. The lowest BCUT2D eigenvalue weighted by atomic mass is 10.1. The van der Waals surface area contributed by atoms with Crippen LogP contribution in [0.25, 0.3) is 10.1 Å². The highest BCUT2D eigenvalue weighted by molar-refractivity contribution is 7.21. The molecule has 0 radical (unpaired) electrons. The smallest absolute Gasteiger partial charge is 0.263 e. The second-order valence-corrected chi connectivity index (χ2v) is 7.50. The molecule has 3 aromatic rings. The molecular formula is C19H18ClFN2OS. The number of carbonyl (C=O) groups is 1. The van der Waals surface area contributed by atoms with Gasteiger partial charge >= 0.3 is 0 Å². The fraction of sp³-hybridized carbons (Fsp3) is 0.211. The van der Waals surface area contributed by atoms with Crippen LogP contribution in [0.4, 0.5) is 4.39 Å². The number of amides is 1. The van der Waals surface area contributed by atoms with E-state index >= 15 is 0 Å². The molecule has 0 aliphatic carbocycles. The Kier molecular flexibility index (Phi) is 5.37. The van der Waals surface area contributed by atoms with Crippen molar-refractivity contribution in [2.75, 3.05) is 14.1 Å². The van der Waals surface area contributed by atoms with E-state index in [9.17, 15) is 9.18 Å². The van der Waals surface area contributed by atoms with Crippen LogP contribution in [-0.2, 0) is 13.1 Å². The van der Waals surface area contributed by atoms with Gasteiger partial charge in [-0.25, -0.2) is 4.39 Å². The van der Waals surface area contributed by atoms with E-state index in [1.54, 1.807) is 6.07 Å². The van der Waals surface area contributed by atoms with E-state index < -0.39 is 0 Å². The monoisotopic (exact) mass is 376 g/mol. The first-order valence-corrected chi connectivity index (χ1v) is 9.02. The molecule has 0 saturated carbocycles. The highest BCUT2D eigenvalue weighted by Crippen LogP contribution is 2.35. The Labute approximate surface area is 155 Å². The fourth-order valence-corrected chi connectivity index (χ4v) is 4.12. The maximum Gasteiger partial charge on any atom is 0.263 e. The van der Waals surface area contributed by atoms with Gasteiger partial charge in [-0.15, -0.1) is 11.3 Å². The summed E-state index contributed by atoms with van der Waals surface area (Å²) in [5.41, 5.74) is 2.23. The lowest BCUT2D eigenvalue weighted by molar-refractivity contribution is 0.0955. The van der Waals surface area contributed by atoms with Crippen LogP contribution in [0.1, 0.15) is 20.8 Å². The summed E-state index contributed by atoms with van der Waals surface area (Å²) in [7, 11) is 4.01. The van der Waals surface area contributed by atoms with Crippen LogP contribution < -0.4 is 5.32 Å². The molecule has 25 heavy (non-hydrogen) atoms. The summed E-state index contributed by atoms with van der Waals surface area (Å²) in [5, 5.41) is 3.99. The van der Waals surface area contributed by atoms with Gasteiger partial charge in [0.15, 0.2) is 0 Å². The summed E-state index contributed by atoms with van der Waals surface area (Å²) in [5.74, 6) is -0.582. The summed E-state index contributed by atoms with van der Waals surface area (Å²) < 4.78 is 14.0. The van der Waals surface area contributed by atoms with Crippen LogP contribution >= 0.6 is 22.9 Å². The molecule has 0 fully saturated rings. The second kappa shape index (κ2) is 7.52. The molecule has 1 N–H and O–H groups in total. The van der Waals surface area contributed by atoms with E-state index in [1.165, 1.54) is 23.5 Å². The first-order valence-electron chi connectivity index (χ1n) is 7.83. The standard InChI is InChI=1S/C19H18ClFN2OS/c1-23(2)11-13-6-4-3-5-12(13)10-22-19(24)18-17(20)15-8-7-14(21)9-16(15)25-18/h3-9H,10-11H2,1-2H3,(H,22,24). The highest BCUT2D eigenvalue weighted by atomic mass is 35.5. The molecular weight excluding hydrogens is 359 g/mol. The number of rotatable bonds is 5. The third-order valence-electron chi connectivity index (χ3n) is 3.84. The Morgan fingerprint density at radius 3 is 2.64 bits per heavy atom. The van der Waals surface area contributed by atoms with Gasteiger partial charge in [0, 0.05) is 23.2 Å². The zero-order chi connectivity index (χ0) is 18.0. The van der Waals surface area contributed by atoms with E-state index in [4.69, 9.17) is 11.6 Å². The molecule has 1 heterocycles. The molecule has 0 unspecified atom stereocenters. The molecule has 6 heteroatoms. The summed E-state index contributed by atoms with van der Waals surface area (Å²) in [6.45, 7) is 1.22. The summed E-state index contributed by atoms with van der Waals surface area (Å²) in [6.07, 6.45) is 0. The minimum atomic E-state index is -0.338. The van der Waals surface area contributed by atoms with Gasteiger partial charge in [0.05, 0.1) is 5.02 Å². The Morgan fingerprint density at radius 1 is 1.20 bits per heavy atom. The van der Waals surface area contributed by atoms with Gasteiger partial charge in [0.1, 0.15) is 10.7 Å². The summed E-state index contributed by atoms with van der Waals surface area (Å²) in [6, 6.07) is 12.3. The van der Waals surface area contributed by atoms with Crippen molar-refractivity contribution < 1.29 is 9.18 Å². The molecule has 0 bridgehead atoms. The zero-order valence-electron chi connectivity index (χ0n) is 14.0. The maximum absolute atomic E-state index is 13.4. The van der Waals surface area contributed by atoms with Gasteiger partial charge in [-0.1, -0.05) is 35.9 Å². The number of hydrogen-bond donors (Lipinski definition) is 1. The molecule has 2 aromatic carbocycles. The van der Waals surface area contributed by atoms with Crippen molar-refractivity contribution in [3.63, 3.8) is 0 Å². The molecule has 3 rings (SSSR count). The number of thiophene rings is 1. The Bertz CT molecular complexity index is 923. The molecule has 1 aromatic heterocycles. The largest absolute Gasteiger partial charge is 0.347 e. The van der Waals surface area contributed by atoms with Crippen molar-refractivity contribution >= 4 is 38.9 Å². The van der Waals surface area contributed by atoms with Crippen molar-refractivity contribution in [3.05, 3.63) is 69.3 Å². The van der Waals surface area contributed by atoms with E-state index in [0.29, 0.717) is 26.5 Å². The first kappa shape index (κ1) is 17.9. The number of fused-ring (bicyclic) bond motifs is 1. The molecule has 3 nitrogen and oxygen atoms in total. The lowest BCUT2D eigenvalue weighted by Crippen LogP contribution is -2.23. The molecule has 130 valence electrons. The minimum absolute atomic E-state index is 0.244. The first-order chi connectivity index (χ1) is 12.0. The quantitative estimate of drug-likeness (QED) is 0.700. The Morgan fingerprint density at radius 2 is 1.92 bits per heavy atom. The predicted octanol–water partition coefficient (Wildman–Crippen LogP) is 4.69. The average molecular weight is 377 g/mol. The third kappa shape index (κ3) is 4.00. The van der Waals surface area contributed by atoms with Crippen molar-refractivity contribution in [3.8, 4) is 0 Å². The third-order valence-corrected chi connectivity index (χ3v) is 5.50. The van der Waals surface area contributed by atoms with E-state index in [1.807, 2.05) is 32.3 Å². The summed E-state index contributed by atoms with van der Waals surface area (Å²) in [4.78, 5) is 15.0. The van der Waals surface area contributed by atoms with Crippen molar-refractivity contribution in [2.24, 2.45) is 0 Å². The average Bonchev–Trinajstić information content (AvgIpc) is 2.89. The number of nitrogens with zero attached hydrogens (tertiary/aromatic N) is 1. The SMILES string of the molecule is CN(C)Cc1ccccc1CNC(=O)c1sc2cc(F)ccc2c1Cl. The van der Waals surface area contributed by atoms with Crippen molar-refractivity contribution in [2.45, 2.75) is 13.1 Å². The molecule has 0 aliphatic heterocycles. The number of halogens is 2. The van der Waals surface area contributed by atoms with Crippen molar-refractivity contribution in [1.29, 1.82) is 0 Å². The number of nitrogens with one attached hydrogen (secondary N) is 1. The van der Waals surface area contributed by atoms with Crippen LogP contribution in [-0.4, -0.2) is 24.9 Å². The molecule has 0 spiro atoms. The van der Waals surface area contributed by atoms with E-state index in [-0.39, 0.29) is 11.7 Å². The molecule has 0 aliphatic rings. The van der Waals surface area contributed by atoms with E-state index in [0.717, 1.165) is 17.7 Å². The van der Waals surface area contributed by atoms with Gasteiger partial charge in [-0.05, 0) is 43.4 Å². The molecule has 1 amide bonds. The van der Waals surface area contributed by atoms with Gasteiger partial charge in [-0.3, -0.25) is 4.79 Å². The van der Waals surface area contributed by atoms with Crippen LogP contribution in [0.2, 0.25) is 5.02 Å². The maximum atomic E-state index is 13.4. The zero-order valence-corrected chi connectivity index (χ0v) is 15.5. The number of carbonyl (C=O) groups excluding carboxylic acids is 1. The molecule has 0 atom stereocenters. The molecule has 0 saturated heterocycles. The van der Waals surface area contributed by atoms with Crippen LogP contribution in [0, 0.1) is 5.82 Å². The Hall–Kier alpha value is -1.95. The van der Waals surface area contributed by atoms with Gasteiger partial charge < -0.3 is 10.2 Å². The van der Waals surface area contributed by atoms with Gasteiger partial charge in [0.25, 0.3) is 5.91 Å². The Balaban J connectivity index is 1.79. The normalized spacial score (nSPS) is 11.2. The van der Waals surface area contributed by atoms with Gasteiger partial charge in [0.2, 0.25) is 0 Å². The topological polar surface area (TPSA) is 32.3 Å². The van der Waals surface area contributed by atoms with Crippen LogP contribution in [0.3, 0.4) is 0 Å². The van der Waals surface area contributed by atoms with E-state index in [2.05, 4.69) is 16.3 Å². The van der Waals surface area contributed by atoms with Crippen LogP contribution in [0.5, 0.6) is 0 Å². The van der Waals surface area contributed by atoms with Crippen molar-refractivity contribution in [1.82, 2.24) is 10.2 Å². The summed E-state index contributed by atoms with van der Waals surface area (Å²) >= 11 is 7.51. The number of hydrogen-bond acceptors (Lipinski definition) is 3. The fourth-order valence-electron chi connectivity index (χ4n) is 2.67. The lowest BCUT2D eigenvalue weighted by Gasteiger charge is -2.14. The minimum Gasteiger partial charge on any atom is -0.347 e. The highest BCUT2D eigenvalue weighted by Gasteiger charge is 2.17. The van der Waals surface area contributed by atoms with Gasteiger partial charge in [-0.2, -0.15) is 0 Å². The second-order valence-electron chi connectivity index (χ2n) is 6.07. The van der Waals surface area contributed by atoms with Crippen LogP contribution in [0.15, 0.2) is 42.5 Å².